The molecule has 0 aromatic carbocycles. The monoisotopic (exact) mass is 216 g/mol. The SMILES string of the molecule is Cc1nn(C)cc1CNc1cccnc1C. The van der Waals surface area contributed by atoms with Crippen LogP contribution >= 0.6 is 0 Å². The van der Waals surface area contributed by atoms with Crippen molar-refractivity contribution in [2.24, 2.45) is 7.05 Å². The molecule has 0 aliphatic heterocycles. The molecule has 0 atom stereocenters. The number of pyridine rings is 1. The van der Waals surface area contributed by atoms with Gasteiger partial charge in [0.15, 0.2) is 0 Å². The number of aryl methyl sites for hydroxylation is 3. The van der Waals surface area contributed by atoms with Crippen molar-refractivity contribution in [3.63, 3.8) is 0 Å². The van der Waals surface area contributed by atoms with Crippen LogP contribution in [-0.2, 0) is 13.6 Å². The molecule has 2 aromatic rings. The smallest absolute Gasteiger partial charge is 0.0643 e. The van der Waals surface area contributed by atoms with Gasteiger partial charge in [-0.1, -0.05) is 0 Å². The molecular weight excluding hydrogens is 200 g/mol. The second-order valence-electron chi connectivity index (χ2n) is 3.90. The molecule has 2 aromatic heterocycles. The Balaban J connectivity index is 2.08. The summed E-state index contributed by atoms with van der Waals surface area (Å²) in [5, 5.41) is 7.67. The van der Waals surface area contributed by atoms with E-state index in [1.165, 1.54) is 5.56 Å². The summed E-state index contributed by atoms with van der Waals surface area (Å²) in [6.45, 7) is 4.80. The van der Waals surface area contributed by atoms with E-state index in [0.29, 0.717) is 0 Å². The normalized spacial score (nSPS) is 10.4. The van der Waals surface area contributed by atoms with Crippen molar-refractivity contribution in [1.82, 2.24) is 14.8 Å². The van der Waals surface area contributed by atoms with E-state index >= 15 is 0 Å². The van der Waals surface area contributed by atoms with Crippen molar-refractivity contribution in [1.29, 1.82) is 0 Å². The van der Waals surface area contributed by atoms with Crippen molar-refractivity contribution in [3.05, 3.63) is 41.5 Å². The van der Waals surface area contributed by atoms with Gasteiger partial charge in [0.25, 0.3) is 0 Å². The fraction of sp³-hybridized carbons (Fsp3) is 0.333. The molecule has 0 saturated heterocycles. The molecule has 1 N–H and O–H groups in total. The van der Waals surface area contributed by atoms with Crippen LogP contribution in [0.3, 0.4) is 0 Å². The van der Waals surface area contributed by atoms with Crippen LogP contribution in [0.1, 0.15) is 17.0 Å². The lowest BCUT2D eigenvalue weighted by atomic mass is 10.2. The molecule has 0 unspecified atom stereocenters. The summed E-state index contributed by atoms with van der Waals surface area (Å²) in [4.78, 5) is 4.24. The Morgan fingerprint density at radius 1 is 1.31 bits per heavy atom. The Morgan fingerprint density at radius 2 is 2.12 bits per heavy atom. The Bertz CT molecular complexity index is 488. The molecule has 0 aliphatic rings. The van der Waals surface area contributed by atoms with Gasteiger partial charge in [-0.05, 0) is 26.0 Å². The molecule has 4 heteroatoms. The molecule has 84 valence electrons. The summed E-state index contributed by atoms with van der Waals surface area (Å²) >= 11 is 0. The van der Waals surface area contributed by atoms with Crippen molar-refractivity contribution in [3.8, 4) is 0 Å². The zero-order valence-corrected chi connectivity index (χ0v) is 9.86. The predicted octanol–water partition coefficient (Wildman–Crippen LogP) is 2.04. The van der Waals surface area contributed by atoms with Crippen LogP contribution in [-0.4, -0.2) is 14.8 Å². The molecular formula is C12H16N4. The van der Waals surface area contributed by atoms with Crippen molar-refractivity contribution in [2.45, 2.75) is 20.4 Å². The first-order valence-electron chi connectivity index (χ1n) is 5.31. The number of hydrogen-bond acceptors (Lipinski definition) is 3. The highest BCUT2D eigenvalue weighted by Gasteiger charge is 2.03. The van der Waals surface area contributed by atoms with Gasteiger partial charge in [0.05, 0.1) is 17.1 Å². The second-order valence-corrected chi connectivity index (χ2v) is 3.90. The van der Waals surface area contributed by atoms with E-state index in [0.717, 1.165) is 23.6 Å². The number of nitrogens with zero attached hydrogens (tertiary/aromatic N) is 3. The number of hydrogen-bond donors (Lipinski definition) is 1. The maximum Gasteiger partial charge on any atom is 0.0643 e. The van der Waals surface area contributed by atoms with Gasteiger partial charge >= 0.3 is 0 Å². The Kier molecular flexibility index (Phi) is 2.90. The predicted molar refractivity (Wildman–Crippen MR) is 64.2 cm³/mol. The minimum atomic E-state index is 0.784. The molecule has 4 nitrogen and oxygen atoms in total. The van der Waals surface area contributed by atoms with Crippen molar-refractivity contribution >= 4 is 5.69 Å². The zero-order valence-electron chi connectivity index (χ0n) is 9.86. The Hall–Kier alpha value is -1.84. The van der Waals surface area contributed by atoms with Gasteiger partial charge in [-0.2, -0.15) is 5.10 Å². The minimum absolute atomic E-state index is 0.784. The maximum absolute atomic E-state index is 4.31. The fourth-order valence-corrected chi connectivity index (χ4v) is 1.68. The zero-order chi connectivity index (χ0) is 11.5. The molecule has 2 heterocycles. The molecule has 2 rings (SSSR count). The average molecular weight is 216 g/mol. The number of nitrogens with one attached hydrogen (secondary N) is 1. The molecule has 0 fully saturated rings. The highest BCUT2D eigenvalue weighted by molar-refractivity contribution is 5.47. The lowest BCUT2D eigenvalue weighted by Crippen LogP contribution is -2.02. The highest BCUT2D eigenvalue weighted by Crippen LogP contribution is 2.13. The van der Waals surface area contributed by atoms with E-state index < -0.39 is 0 Å². The lowest BCUT2D eigenvalue weighted by molar-refractivity contribution is 0.756. The van der Waals surface area contributed by atoms with Gasteiger partial charge in [-0.3, -0.25) is 9.67 Å². The lowest BCUT2D eigenvalue weighted by Gasteiger charge is -2.07. The van der Waals surface area contributed by atoms with Crippen LogP contribution < -0.4 is 5.32 Å². The van der Waals surface area contributed by atoms with E-state index in [9.17, 15) is 0 Å². The first-order chi connectivity index (χ1) is 7.66. The minimum Gasteiger partial charge on any atom is -0.379 e. The van der Waals surface area contributed by atoms with Crippen LogP contribution in [0, 0.1) is 13.8 Å². The molecule has 0 bridgehead atoms. The molecule has 16 heavy (non-hydrogen) atoms. The van der Waals surface area contributed by atoms with Gasteiger partial charge in [0.1, 0.15) is 0 Å². The maximum atomic E-state index is 4.31. The third-order valence-electron chi connectivity index (χ3n) is 2.59. The van der Waals surface area contributed by atoms with Crippen LogP contribution in [0.5, 0.6) is 0 Å². The van der Waals surface area contributed by atoms with Crippen LogP contribution in [0.4, 0.5) is 5.69 Å². The number of aromatic nitrogens is 3. The largest absolute Gasteiger partial charge is 0.379 e. The molecule has 0 radical (unpaired) electrons. The van der Waals surface area contributed by atoms with E-state index in [1.807, 2.05) is 43.9 Å². The van der Waals surface area contributed by atoms with Crippen molar-refractivity contribution in [2.75, 3.05) is 5.32 Å². The topological polar surface area (TPSA) is 42.7 Å². The Morgan fingerprint density at radius 3 is 2.75 bits per heavy atom. The van der Waals surface area contributed by atoms with Crippen LogP contribution in [0.25, 0.3) is 0 Å². The van der Waals surface area contributed by atoms with Gasteiger partial charge in [-0.25, -0.2) is 0 Å². The van der Waals surface area contributed by atoms with E-state index in [2.05, 4.69) is 15.4 Å². The third kappa shape index (κ3) is 2.21. The molecule has 0 spiro atoms. The van der Waals surface area contributed by atoms with Gasteiger partial charge in [0, 0.05) is 31.5 Å². The van der Waals surface area contributed by atoms with E-state index in [-0.39, 0.29) is 0 Å². The molecule has 0 amide bonds. The summed E-state index contributed by atoms with van der Waals surface area (Å²) < 4.78 is 1.84. The first kappa shape index (κ1) is 10.7. The van der Waals surface area contributed by atoms with Crippen molar-refractivity contribution < 1.29 is 0 Å². The van der Waals surface area contributed by atoms with Gasteiger partial charge in [-0.15, -0.1) is 0 Å². The standard InChI is InChI=1S/C12H16N4/c1-9-11(8-16(3)15-9)7-14-12-5-4-6-13-10(12)2/h4-6,8,14H,7H2,1-3H3. The summed E-state index contributed by atoms with van der Waals surface area (Å²) in [6.07, 6.45) is 3.84. The molecule has 0 aliphatic carbocycles. The second kappa shape index (κ2) is 4.35. The first-order valence-corrected chi connectivity index (χ1v) is 5.31. The number of rotatable bonds is 3. The van der Waals surface area contributed by atoms with Gasteiger partial charge < -0.3 is 5.32 Å². The fourth-order valence-electron chi connectivity index (χ4n) is 1.68. The summed E-state index contributed by atoms with van der Waals surface area (Å²) in [7, 11) is 1.94. The average Bonchev–Trinajstić information content (AvgIpc) is 2.56. The summed E-state index contributed by atoms with van der Waals surface area (Å²) in [5.41, 5.74) is 4.37. The van der Waals surface area contributed by atoms with Gasteiger partial charge in [0.2, 0.25) is 0 Å². The number of anilines is 1. The third-order valence-corrected chi connectivity index (χ3v) is 2.59. The van der Waals surface area contributed by atoms with E-state index in [4.69, 9.17) is 0 Å². The highest BCUT2D eigenvalue weighted by atomic mass is 15.2. The van der Waals surface area contributed by atoms with Crippen LogP contribution in [0.2, 0.25) is 0 Å². The van der Waals surface area contributed by atoms with Crippen LogP contribution in [0.15, 0.2) is 24.5 Å². The molecule has 0 saturated carbocycles. The van der Waals surface area contributed by atoms with E-state index in [1.54, 1.807) is 6.20 Å². The Labute approximate surface area is 95.3 Å². The summed E-state index contributed by atoms with van der Waals surface area (Å²) in [5.74, 6) is 0. The quantitative estimate of drug-likeness (QED) is 0.853. The summed E-state index contributed by atoms with van der Waals surface area (Å²) in [6, 6.07) is 3.97.